The molecule has 96 valence electrons. The lowest BCUT2D eigenvalue weighted by Gasteiger charge is -2.08. The molecule has 0 saturated carbocycles. The number of hydrogen-bond acceptors (Lipinski definition) is 2. The summed E-state index contributed by atoms with van der Waals surface area (Å²) in [4.78, 5) is 22.3. The zero-order valence-corrected chi connectivity index (χ0v) is 10.9. The van der Waals surface area contributed by atoms with E-state index >= 15 is 0 Å². The molecule has 0 heterocycles. The van der Waals surface area contributed by atoms with Gasteiger partial charge in [-0.3, -0.25) is 4.79 Å². The molecule has 0 spiro atoms. The van der Waals surface area contributed by atoms with Gasteiger partial charge in [-0.1, -0.05) is 22.5 Å². The van der Waals surface area contributed by atoms with Crippen LogP contribution in [0, 0.1) is 5.82 Å². The number of nitrogens with one attached hydrogen (secondary N) is 2. The Labute approximate surface area is 111 Å². The molecular weight excluding hydrogens is 305 g/mol. The maximum absolute atomic E-state index is 13.2. The van der Waals surface area contributed by atoms with E-state index in [1.165, 1.54) is 12.1 Å². The number of halogens is 2. The quantitative estimate of drug-likeness (QED) is 0.793. The molecule has 0 aromatic heterocycles. The largest absolute Gasteiger partial charge is 0.366 e. The second-order valence-electron chi connectivity index (χ2n) is 3.38. The van der Waals surface area contributed by atoms with Crippen LogP contribution >= 0.6 is 15.9 Å². The molecule has 5 nitrogen and oxygen atoms in total. The van der Waals surface area contributed by atoms with Crippen LogP contribution in [0.3, 0.4) is 0 Å². The number of amides is 3. The van der Waals surface area contributed by atoms with Crippen LogP contribution in [0.5, 0.6) is 0 Å². The van der Waals surface area contributed by atoms with Crippen LogP contribution in [0.25, 0.3) is 0 Å². The minimum atomic E-state index is -0.898. The van der Waals surface area contributed by atoms with Crippen molar-refractivity contribution in [1.29, 1.82) is 0 Å². The number of carbonyl (C=O) groups is 2. The number of carbonyl (C=O) groups excluding carboxylic acids is 2. The fourth-order valence-electron chi connectivity index (χ4n) is 1.14. The maximum Gasteiger partial charge on any atom is 0.319 e. The molecule has 0 radical (unpaired) electrons. The van der Waals surface area contributed by atoms with Crippen molar-refractivity contribution in [3.63, 3.8) is 0 Å². The highest BCUT2D eigenvalue weighted by Gasteiger charge is 2.10. The lowest BCUT2D eigenvalue weighted by Crippen LogP contribution is -2.29. The SMILES string of the molecule is C=C(Br)CNC(=O)Nc1ccc(F)c(C(N)=O)c1. The van der Waals surface area contributed by atoms with E-state index < -0.39 is 17.8 Å². The molecule has 3 amide bonds. The first kappa shape index (κ1) is 14.2. The smallest absolute Gasteiger partial charge is 0.319 e. The highest BCUT2D eigenvalue weighted by atomic mass is 79.9. The van der Waals surface area contributed by atoms with E-state index in [0.29, 0.717) is 4.48 Å². The Hall–Kier alpha value is -1.89. The van der Waals surface area contributed by atoms with Crippen molar-refractivity contribution in [2.75, 3.05) is 11.9 Å². The minimum Gasteiger partial charge on any atom is -0.366 e. The summed E-state index contributed by atoms with van der Waals surface area (Å²) >= 11 is 3.08. The third-order valence-corrected chi connectivity index (χ3v) is 2.21. The van der Waals surface area contributed by atoms with Crippen LogP contribution in [0.2, 0.25) is 0 Å². The number of anilines is 1. The lowest BCUT2D eigenvalue weighted by atomic mass is 10.2. The molecule has 0 bridgehead atoms. The predicted molar refractivity (Wildman–Crippen MR) is 70.0 cm³/mol. The van der Waals surface area contributed by atoms with Gasteiger partial charge in [0.2, 0.25) is 0 Å². The first-order valence-electron chi connectivity index (χ1n) is 4.87. The summed E-state index contributed by atoms with van der Waals surface area (Å²) in [5.41, 5.74) is 4.97. The molecule has 0 unspecified atom stereocenters. The van der Waals surface area contributed by atoms with Crippen molar-refractivity contribution in [1.82, 2.24) is 5.32 Å². The lowest BCUT2D eigenvalue weighted by molar-refractivity contribution is 0.0996. The first-order valence-corrected chi connectivity index (χ1v) is 5.67. The molecule has 7 heteroatoms. The van der Waals surface area contributed by atoms with Crippen LogP contribution in [0.1, 0.15) is 10.4 Å². The molecule has 0 aliphatic carbocycles. The topological polar surface area (TPSA) is 84.2 Å². The normalized spacial score (nSPS) is 9.67. The van der Waals surface area contributed by atoms with Crippen molar-refractivity contribution in [2.45, 2.75) is 0 Å². The molecule has 4 N–H and O–H groups in total. The van der Waals surface area contributed by atoms with Crippen LogP contribution in [-0.4, -0.2) is 18.5 Å². The highest BCUT2D eigenvalue weighted by Crippen LogP contribution is 2.14. The van der Waals surface area contributed by atoms with Gasteiger partial charge >= 0.3 is 6.03 Å². The van der Waals surface area contributed by atoms with E-state index in [1.54, 1.807) is 0 Å². The van der Waals surface area contributed by atoms with Gasteiger partial charge < -0.3 is 16.4 Å². The Bertz CT molecular complexity index is 505. The summed E-state index contributed by atoms with van der Waals surface area (Å²) in [7, 11) is 0. The summed E-state index contributed by atoms with van der Waals surface area (Å²) in [6, 6.07) is 3.04. The molecule has 1 rings (SSSR count). The average molecular weight is 316 g/mol. The summed E-state index contributed by atoms with van der Waals surface area (Å²) < 4.78 is 13.8. The van der Waals surface area contributed by atoms with E-state index in [9.17, 15) is 14.0 Å². The summed E-state index contributed by atoms with van der Waals surface area (Å²) in [6.45, 7) is 3.79. The molecule has 1 aromatic rings. The van der Waals surface area contributed by atoms with Gasteiger partial charge in [0.25, 0.3) is 5.91 Å². The number of primary amides is 1. The van der Waals surface area contributed by atoms with Crippen LogP contribution in [0.4, 0.5) is 14.9 Å². The summed E-state index contributed by atoms with van der Waals surface area (Å²) in [5.74, 6) is -1.63. The van der Waals surface area contributed by atoms with Gasteiger partial charge in [-0.05, 0) is 18.2 Å². The van der Waals surface area contributed by atoms with Gasteiger partial charge in [0.1, 0.15) is 5.82 Å². The van der Waals surface area contributed by atoms with Gasteiger partial charge in [-0.25, -0.2) is 9.18 Å². The van der Waals surface area contributed by atoms with E-state index in [2.05, 4.69) is 33.1 Å². The average Bonchev–Trinajstić information content (AvgIpc) is 2.28. The molecule has 0 fully saturated rings. The van der Waals surface area contributed by atoms with Crippen LogP contribution in [-0.2, 0) is 0 Å². The third-order valence-electron chi connectivity index (χ3n) is 1.93. The van der Waals surface area contributed by atoms with Crippen molar-refractivity contribution in [3.8, 4) is 0 Å². The third kappa shape index (κ3) is 4.17. The standard InChI is InChI=1S/C11H11BrFN3O2/c1-6(12)5-15-11(18)16-7-2-3-9(13)8(4-7)10(14)17/h2-4H,1,5H2,(H2,14,17)(H2,15,16,18). The summed E-state index contributed by atoms with van der Waals surface area (Å²) in [5, 5.41) is 4.92. The Morgan fingerprint density at radius 2 is 2.11 bits per heavy atom. The highest BCUT2D eigenvalue weighted by molar-refractivity contribution is 9.11. The van der Waals surface area contributed by atoms with Gasteiger partial charge in [0, 0.05) is 10.2 Å². The summed E-state index contributed by atoms with van der Waals surface area (Å²) in [6.07, 6.45) is 0. The van der Waals surface area contributed by atoms with Crippen LogP contribution in [0.15, 0.2) is 29.3 Å². The molecule has 0 atom stereocenters. The zero-order valence-electron chi connectivity index (χ0n) is 9.30. The molecule has 0 aliphatic rings. The fraction of sp³-hybridized carbons (Fsp3) is 0.0909. The Morgan fingerprint density at radius 1 is 1.44 bits per heavy atom. The van der Waals surface area contributed by atoms with Gasteiger partial charge in [-0.2, -0.15) is 0 Å². The van der Waals surface area contributed by atoms with Gasteiger partial charge in [-0.15, -0.1) is 0 Å². The van der Waals surface area contributed by atoms with Crippen LogP contribution < -0.4 is 16.4 Å². The first-order chi connectivity index (χ1) is 8.40. The van der Waals surface area contributed by atoms with Crippen molar-refractivity contribution < 1.29 is 14.0 Å². The predicted octanol–water partition coefficient (Wildman–Crippen LogP) is 1.95. The molecule has 18 heavy (non-hydrogen) atoms. The molecular formula is C11H11BrFN3O2. The zero-order chi connectivity index (χ0) is 13.7. The molecule has 0 aliphatic heterocycles. The Balaban J connectivity index is 2.73. The second kappa shape index (κ2) is 6.15. The minimum absolute atomic E-state index is 0.246. The van der Waals surface area contributed by atoms with E-state index in [1.807, 2.05) is 0 Å². The number of rotatable bonds is 4. The van der Waals surface area contributed by atoms with Crippen molar-refractivity contribution >= 4 is 33.6 Å². The fourth-order valence-corrected chi connectivity index (χ4v) is 1.28. The Kier molecular flexibility index (Phi) is 4.85. The monoisotopic (exact) mass is 315 g/mol. The number of hydrogen-bond donors (Lipinski definition) is 3. The van der Waals surface area contributed by atoms with Gasteiger partial charge in [0.05, 0.1) is 12.1 Å². The van der Waals surface area contributed by atoms with Crippen molar-refractivity contribution in [3.05, 3.63) is 40.6 Å². The number of benzene rings is 1. The van der Waals surface area contributed by atoms with E-state index in [4.69, 9.17) is 5.73 Å². The second-order valence-corrected chi connectivity index (χ2v) is 4.51. The van der Waals surface area contributed by atoms with Gasteiger partial charge in [0.15, 0.2) is 0 Å². The van der Waals surface area contributed by atoms with Crippen molar-refractivity contribution in [2.24, 2.45) is 5.73 Å². The number of nitrogens with two attached hydrogens (primary N) is 1. The number of urea groups is 1. The molecule has 1 aromatic carbocycles. The van der Waals surface area contributed by atoms with E-state index in [-0.39, 0.29) is 17.8 Å². The van der Waals surface area contributed by atoms with E-state index in [0.717, 1.165) is 6.07 Å². The Morgan fingerprint density at radius 3 is 2.67 bits per heavy atom. The molecule has 0 saturated heterocycles. The maximum atomic E-state index is 13.2.